The predicted octanol–water partition coefficient (Wildman–Crippen LogP) is 10.0. The molecule has 2 rings (SSSR count). The van der Waals surface area contributed by atoms with Crippen molar-refractivity contribution in [3.63, 3.8) is 0 Å². The smallest absolute Gasteiger partial charge is 0.336 e. The van der Waals surface area contributed by atoms with E-state index in [9.17, 15) is 14.7 Å². The zero-order valence-corrected chi connectivity index (χ0v) is 24.0. The number of benzene rings is 2. The summed E-state index contributed by atoms with van der Waals surface area (Å²) < 4.78 is 36.2. The standard InChI is InChI=1S/C33H46F2O4/c1-4-6-8-10-11-12-14-16-22-39-29-21-20-27(33(37)38)30(31(29)35)25-18-19-26(28(34)23-25)32(36)24(3)17-15-13-9-7-5-2/h18-21,23-24H,4-17,22H2,1-3H3,(H,37,38). The highest BCUT2D eigenvalue weighted by Gasteiger charge is 2.23. The van der Waals surface area contributed by atoms with E-state index in [0.717, 1.165) is 51.0 Å². The molecule has 39 heavy (non-hydrogen) atoms. The fourth-order valence-corrected chi connectivity index (χ4v) is 4.87. The molecule has 0 bridgehead atoms. The van der Waals surface area contributed by atoms with E-state index in [1.165, 1.54) is 62.8 Å². The molecule has 6 heteroatoms. The molecular weight excluding hydrogens is 498 g/mol. The van der Waals surface area contributed by atoms with E-state index in [-0.39, 0.29) is 39.7 Å². The average molecular weight is 545 g/mol. The van der Waals surface area contributed by atoms with Gasteiger partial charge in [-0.05, 0) is 42.7 Å². The van der Waals surface area contributed by atoms with Gasteiger partial charge in [-0.25, -0.2) is 13.6 Å². The summed E-state index contributed by atoms with van der Waals surface area (Å²) in [5.41, 5.74) is -0.522. The van der Waals surface area contributed by atoms with Crippen LogP contribution >= 0.6 is 0 Å². The van der Waals surface area contributed by atoms with Gasteiger partial charge in [0.15, 0.2) is 17.3 Å². The van der Waals surface area contributed by atoms with Gasteiger partial charge < -0.3 is 9.84 Å². The number of hydrogen-bond donors (Lipinski definition) is 1. The van der Waals surface area contributed by atoms with Gasteiger partial charge >= 0.3 is 5.97 Å². The zero-order chi connectivity index (χ0) is 28.6. The van der Waals surface area contributed by atoms with Gasteiger partial charge in [0, 0.05) is 11.5 Å². The van der Waals surface area contributed by atoms with Crippen molar-refractivity contribution in [2.75, 3.05) is 6.61 Å². The summed E-state index contributed by atoms with van der Waals surface area (Å²) in [4.78, 5) is 24.7. The topological polar surface area (TPSA) is 63.6 Å². The molecule has 0 aliphatic heterocycles. The monoisotopic (exact) mass is 544 g/mol. The molecule has 0 amide bonds. The Morgan fingerprint density at radius 2 is 1.36 bits per heavy atom. The molecule has 2 aromatic carbocycles. The van der Waals surface area contributed by atoms with Crippen LogP contribution in [0.5, 0.6) is 5.75 Å². The summed E-state index contributed by atoms with van der Waals surface area (Å²) in [6.07, 6.45) is 15.0. The van der Waals surface area contributed by atoms with Crippen LogP contribution in [-0.4, -0.2) is 23.5 Å². The molecule has 2 aromatic rings. The van der Waals surface area contributed by atoms with Crippen LogP contribution in [0.3, 0.4) is 0 Å². The summed E-state index contributed by atoms with van der Waals surface area (Å²) in [5, 5.41) is 9.66. The molecule has 0 saturated carbocycles. The van der Waals surface area contributed by atoms with Crippen molar-refractivity contribution in [2.24, 2.45) is 5.92 Å². The number of halogens is 2. The first-order chi connectivity index (χ1) is 18.8. The average Bonchev–Trinajstić information content (AvgIpc) is 2.92. The molecule has 0 aliphatic carbocycles. The molecule has 1 atom stereocenters. The number of unbranched alkanes of at least 4 members (excludes halogenated alkanes) is 11. The number of carbonyl (C=O) groups is 2. The Labute approximate surface area is 233 Å². The Morgan fingerprint density at radius 1 is 0.795 bits per heavy atom. The van der Waals surface area contributed by atoms with E-state index in [0.29, 0.717) is 13.0 Å². The molecule has 0 aromatic heterocycles. The molecule has 216 valence electrons. The van der Waals surface area contributed by atoms with Crippen molar-refractivity contribution in [3.05, 3.63) is 53.1 Å². The van der Waals surface area contributed by atoms with Crippen molar-refractivity contribution < 1.29 is 28.2 Å². The maximum atomic E-state index is 15.5. The van der Waals surface area contributed by atoms with Crippen LogP contribution in [0.2, 0.25) is 0 Å². The summed E-state index contributed by atoms with van der Waals surface area (Å²) >= 11 is 0. The zero-order valence-electron chi connectivity index (χ0n) is 24.0. The second-order valence-corrected chi connectivity index (χ2v) is 10.6. The lowest BCUT2D eigenvalue weighted by atomic mass is 9.91. The van der Waals surface area contributed by atoms with E-state index in [1.54, 1.807) is 6.92 Å². The highest BCUT2D eigenvalue weighted by atomic mass is 19.1. The fourth-order valence-electron chi connectivity index (χ4n) is 4.87. The molecule has 0 aliphatic rings. The number of hydrogen-bond acceptors (Lipinski definition) is 3. The van der Waals surface area contributed by atoms with Crippen LogP contribution in [-0.2, 0) is 0 Å². The van der Waals surface area contributed by atoms with Gasteiger partial charge in [0.05, 0.1) is 17.7 Å². The maximum absolute atomic E-state index is 15.5. The molecule has 0 radical (unpaired) electrons. The van der Waals surface area contributed by atoms with E-state index < -0.39 is 17.6 Å². The Balaban J connectivity index is 2.09. The predicted molar refractivity (Wildman–Crippen MR) is 154 cm³/mol. The lowest BCUT2D eigenvalue weighted by Gasteiger charge is -2.15. The number of ketones is 1. The van der Waals surface area contributed by atoms with Gasteiger partial charge in [-0.3, -0.25) is 4.79 Å². The minimum absolute atomic E-state index is 0.0563. The van der Waals surface area contributed by atoms with Crippen LogP contribution in [0, 0.1) is 17.6 Å². The van der Waals surface area contributed by atoms with Crippen molar-refractivity contribution in [2.45, 2.75) is 111 Å². The quantitative estimate of drug-likeness (QED) is 0.133. The van der Waals surface area contributed by atoms with E-state index in [1.807, 2.05) is 0 Å². The van der Waals surface area contributed by atoms with Crippen LogP contribution in [0.15, 0.2) is 30.3 Å². The highest BCUT2D eigenvalue weighted by molar-refractivity contribution is 5.99. The van der Waals surface area contributed by atoms with Crippen molar-refractivity contribution >= 4 is 11.8 Å². The van der Waals surface area contributed by atoms with E-state index in [2.05, 4.69) is 13.8 Å². The largest absolute Gasteiger partial charge is 0.490 e. The maximum Gasteiger partial charge on any atom is 0.336 e. The molecule has 1 N–H and O–H groups in total. The molecule has 0 saturated heterocycles. The first kappa shape index (κ1) is 32.5. The third kappa shape index (κ3) is 10.4. The van der Waals surface area contributed by atoms with Gasteiger partial charge in [-0.15, -0.1) is 0 Å². The number of rotatable bonds is 20. The van der Waals surface area contributed by atoms with Crippen molar-refractivity contribution in [1.82, 2.24) is 0 Å². The minimum Gasteiger partial charge on any atom is -0.490 e. The summed E-state index contributed by atoms with van der Waals surface area (Å²) in [7, 11) is 0. The Bertz CT molecular complexity index is 1050. The lowest BCUT2D eigenvalue weighted by molar-refractivity contribution is 0.0696. The number of carbonyl (C=O) groups excluding carboxylic acids is 1. The van der Waals surface area contributed by atoms with Crippen molar-refractivity contribution in [3.8, 4) is 16.9 Å². The summed E-state index contributed by atoms with van der Waals surface area (Å²) in [5.74, 6) is -3.63. The van der Waals surface area contributed by atoms with Gasteiger partial charge in [0.25, 0.3) is 0 Å². The van der Waals surface area contributed by atoms with E-state index >= 15 is 8.78 Å². The summed E-state index contributed by atoms with van der Waals surface area (Å²) in [6.45, 7) is 6.45. The fraction of sp³-hybridized carbons (Fsp3) is 0.576. The normalized spacial score (nSPS) is 11.9. The molecule has 4 nitrogen and oxygen atoms in total. The Hall–Kier alpha value is -2.76. The molecule has 0 fully saturated rings. The van der Waals surface area contributed by atoms with Gasteiger partial charge in [0.1, 0.15) is 5.82 Å². The van der Waals surface area contributed by atoms with Gasteiger partial charge in [-0.1, -0.05) is 104 Å². The molecular formula is C33H46F2O4. The van der Waals surface area contributed by atoms with Gasteiger partial charge in [-0.2, -0.15) is 0 Å². The Morgan fingerprint density at radius 3 is 1.95 bits per heavy atom. The van der Waals surface area contributed by atoms with E-state index in [4.69, 9.17) is 4.74 Å². The van der Waals surface area contributed by atoms with Crippen LogP contribution in [0.1, 0.15) is 131 Å². The number of Topliss-reactive ketones (excluding diaryl/α,β-unsaturated/α-hetero) is 1. The van der Waals surface area contributed by atoms with Crippen LogP contribution in [0.4, 0.5) is 8.78 Å². The molecule has 0 heterocycles. The highest BCUT2D eigenvalue weighted by Crippen LogP contribution is 2.34. The Kier molecular flexibility index (Phi) is 14.8. The summed E-state index contributed by atoms with van der Waals surface area (Å²) in [6, 6.07) is 6.39. The first-order valence-corrected chi connectivity index (χ1v) is 14.8. The SMILES string of the molecule is CCCCCCCCCCOc1ccc(C(=O)O)c(-c2ccc(C(=O)C(C)CCCCCCC)c(F)c2)c1F. The number of carboxylic acids is 1. The third-order valence-corrected chi connectivity index (χ3v) is 7.30. The van der Waals surface area contributed by atoms with Crippen molar-refractivity contribution in [1.29, 1.82) is 0 Å². The molecule has 1 unspecified atom stereocenters. The molecule has 0 spiro atoms. The second-order valence-electron chi connectivity index (χ2n) is 10.6. The lowest BCUT2D eigenvalue weighted by Crippen LogP contribution is -2.13. The second kappa shape index (κ2) is 17.8. The van der Waals surface area contributed by atoms with Crippen LogP contribution in [0.25, 0.3) is 11.1 Å². The van der Waals surface area contributed by atoms with Gasteiger partial charge in [0.2, 0.25) is 0 Å². The minimum atomic E-state index is -1.32. The third-order valence-electron chi connectivity index (χ3n) is 7.30. The number of ether oxygens (including phenoxy) is 1. The number of aromatic carboxylic acids is 1. The first-order valence-electron chi connectivity index (χ1n) is 14.8. The van der Waals surface area contributed by atoms with Crippen LogP contribution < -0.4 is 4.74 Å². The number of carboxylic acid groups (broad SMARTS) is 1.